The van der Waals surface area contributed by atoms with Gasteiger partial charge in [0.1, 0.15) is 5.15 Å². The van der Waals surface area contributed by atoms with Gasteiger partial charge in [0, 0.05) is 17.5 Å². The van der Waals surface area contributed by atoms with E-state index in [1.54, 1.807) is 0 Å². The fourth-order valence-corrected chi connectivity index (χ4v) is 4.17. The number of benzene rings is 1. The molecule has 4 rings (SSSR count). The number of ether oxygens (including phenoxy) is 1. The van der Waals surface area contributed by atoms with Crippen LogP contribution in [-0.2, 0) is 12.0 Å². The zero-order valence-corrected chi connectivity index (χ0v) is 14.3. The van der Waals surface area contributed by atoms with Crippen molar-refractivity contribution in [3.63, 3.8) is 0 Å². The van der Waals surface area contributed by atoms with Gasteiger partial charge < -0.3 is 4.74 Å². The van der Waals surface area contributed by atoms with Gasteiger partial charge in [0.05, 0.1) is 6.61 Å². The molecule has 120 valence electrons. The lowest BCUT2D eigenvalue weighted by Crippen LogP contribution is -2.43. The van der Waals surface area contributed by atoms with E-state index in [1.165, 1.54) is 5.56 Å². The summed E-state index contributed by atoms with van der Waals surface area (Å²) in [4.78, 5) is 6.59. The minimum Gasteiger partial charge on any atom is -0.489 e. The fraction of sp³-hybridized carbons (Fsp3) is 0.389. The molecule has 0 atom stereocenters. The second kappa shape index (κ2) is 5.97. The molecule has 0 bridgehead atoms. The van der Waals surface area contributed by atoms with Crippen LogP contribution in [0.4, 0.5) is 0 Å². The monoisotopic (exact) mass is 348 g/mol. The molecule has 0 saturated carbocycles. The minimum atomic E-state index is 0.0404. The highest BCUT2D eigenvalue weighted by Gasteiger charge is 2.44. The Bertz CT molecular complexity index is 712. The molecule has 2 aromatic rings. The average molecular weight is 349 g/mol. The van der Waals surface area contributed by atoms with E-state index in [-0.39, 0.29) is 5.41 Å². The maximum Gasteiger partial charge on any atom is 0.172 e. The molecule has 3 nitrogen and oxygen atoms in total. The van der Waals surface area contributed by atoms with Gasteiger partial charge >= 0.3 is 0 Å². The van der Waals surface area contributed by atoms with Crippen molar-refractivity contribution in [3.8, 4) is 5.75 Å². The number of rotatable bonds is 2. The van der Waals surface area contributed by atoms with Crippen molar-refractivity contribution in [1.82, 2.24) is 9.88 Å². The molecule has 3 heterocycles. The molecule has 1 aromatic carbocycles. The Morgan fingerprint density at radius 3 is 2.61 bits per heavy atom. The third-order valence-corrected chi connectivity index (χ3v) is 5.48. The number of halogens is 2. The van der Waals surface area contributed by atoms with Crippen molar-refractivity contribution in [3.05, 3.63) is 57.8 Å². The fourth-order valence-electron chi connectivity index (χ4n) is 3.69. The number of aromatic nitrogens is 1. The molecule has 1 fully saturated rings. The molecule has 1 spiro atoms. The molecule has 0 unspecified atom stereocenters. The zero-order chi connectivity index (χ0) is 15.9. The van der Waals surface area contributed by atoms with Crippen LogP contribution >= 0.6 is 23.2 Å². The average Bonchev–Trinajstić information content (AvgIpc) is 2.90. The number of nitrogens with zero attached hydrogens (tertiary/aromatic N) is 2. The predicted octanol–water partition coefficient (Wildman–Crippen LogP) is 4.31. The van der Waals surface area contributed by atoms with E-state index < -0.39 is 0 Å². The first-order valence-electron chi connectivity index (χ1n) is 7.92. The van der Waals surface area contributed by atoms with E-state index in [1.807, 2.05) is 6.07 Å². The Morgan fingerprint density at radius 2 is 1.87 bits per heavy atom. The molecular weight excluding hydrogens is 331 g/mol. The number of hydrogen-bond donors (Lipinski definition) is 0. The summed E-state index contributed by atoms with van der Waals surface area (Å²) in [6, 6.07) is 12.6. The van der Waals surface area contributed by atoms with Crippen LogP contribution < -0.4 is 4.74 Å². The van der Waals surface area contributed by atoms with Gasteiger partial charge in [-0.2, -0.15) is 0 Å². The lowest BCUT2D eigenvalue weighted by atomic mass is 9.74. The summed E-state index contributed by atoms with van der Waals surface area (Å²) in [5.74, 6) is 0.729. The summed E-state index contributed by atoms with van der Waals surface area (Å²) in [5.41, 5.74) is 2.54. The van der Waals surface area contributed by atoms with Crippen LogP contribution in [0.15, 0.2) is 36.4 Å². The van der Waals surface area contributed by atoms with Gasteiger partial charge in [-0.3, -0.25) is 4.90 Å². The van der Waals surface area contributed by atoms with Crippen molar-refractivity contribution in [2.75, 3.05) is 19.7 Å². The van der Waals surface area contributed by atoms with Gasteiger partial charge in [-0.05, 0) is 37.6 Å². The smallest absolute Gasteiger partial charge is 0.172 e. The van der Waals surface area contributed by atoms with E-state index in [2.05, 4.69) is 40.2 Å². The largest absolute Gasteiger partial charge is 0.489 e. The van der Waals surface area contributed by atoms with Gasteiger partial charge in [-0.1, -0.05) is 53.5 Å². The molecule has 0 radical (unpaired) electrons. The molecule has 1 saturated heterocycles. The first-order chi connectivity index (χ1) is 11.2. The summed E-state index contributed by atoms with van der Waals surface area (Å²) < 4.78 is 5.86. The predicted molar refractivity (Wildman–Crippen MR) is 92.4 cm³/mol. The van der Waals surface area contributed by atoms with E-state index in [9.17, 15) is 0 Å². The Balaban J connectivity index is 1.51. The van der Waals surface area contributed by atoms with Gasteiger partial charge in [0.2, 0.25) is 0 Å². The Kier molecular flexibility index (Phi) is 3.96. The first-order valence-corrected chi connectivity index (χ1v) is 8.67. The van der Waals surface area contributed by atoms with Gasteiger partial charge in [-0.15, -0.1) is 0 Å². The van der Waals surface area contributed by atoms with Crippen molar-refractivity contribution < 1.29 is 4.74 Å². The second-order valence-corrected chi connectivity index (χ2v) is 7.19. The van der Waals surface area contributed by atoms with E-state index in [4.69, 9.17) is 27.9 Å². The van der Waals surface area contributed by atoms with Gasteiger partial charge in [-0.25, -0.2) is 4.98 Å². The molecule has 0 amide bonds. The molecule has 23 heavy (non-hydrogen) atoms. The maximum atomic E-state index is 6.18. The van der Waals surface area contributed by atoms with E-state index in [0.29, 0.717) is 16.9 Å². The van der Waals surface area contributed by atoms with Crippen LogP contribution in [0.25, 0.3) is 0 Å². The summed E-state index contributed by atoms with van der Waals surface area (Å²) in [7, 11) is 0. The lowest BCUT2D eigenvalue weighted by molar-refractivity contribution is 0.130. The maximum absolute atomic E-state index is 6.18. The lowest BCUT2D eigenvalue weighted by Gasteiger charge is -2.38. The third kappa shape index (κ3) is 2.82. The first kappa shape index (κ1) is 15.3. The highest BCUT2D eigenvalue weighted by Crippen LogP contribution is 2.48. The number of piperidine rings is 1. The number of fused-ring (bicyclic) bond motifs is 2. The SMILES string of the molecule is Clc1cc2c(c(Cl)n1)OCC21CCN(Cc2ccccc2)CC1. The minimum absolute atomic E-state index is 0.0404. The summed E-state index contributed by atoms with van der Waals surface area (Å²) >= 11 is 12.3. The summed E-state index contributed by atoms with van der Waals surface area (Å²) in [5, 5.41) is 0.835. The topological polar surface area (TPSA) is 25.4 Å². The van der Waals surface area contributed by atoms with Crippen molar-refractivity contribution in [2.24, 2.45) is 0 Å². The quantitative estimate of drug-likeness (QED) is 0.756. The van der Waals surface area contributed by atoms with Crippen LogP contribution in [0.1, 0.15) is 24.0 Å². The normalized spacial score (nSPS) is 19.6. The third-order valence-electron chi connectivity index (χ3n) is 5.03. The Morgan fingerprint density at radius 1 is 1.13 bits per heavy atom. The molecule has 0 aliphatic carbocycles. The Hall–Kier alpha value is -1.29. The van der Waals surface area contributed by atoms with Crippen LogP contribution in [-0.4, -0.2) is 29.6 Å². The van der Waals surface area contributed by atoms with E-state index in [0.717, 1.165) is 43.8 Å². The van der Waals surface area contributed by atoms with Crippen LogP contribution in [0.5, 0.6) is 5.75 Å². The number of pyridine rings is 1. The standard InChI is InChI=1S/C18H18Cl2N2O/c19-15-10-14-16(17(20)21-15)23-12-18(14)6-8-22(9-7-18)11-13-4-2-1-3-5-13/h1-5,10H,6-9,11-12H2. The second-order valence-electron chi connectivity index (χ2n) is 6.44. The highest BCUT2D eigenvalue weighted by atomic mass is 35.5. The van der Waals surface area contributed by atoms with Crippen LogP contribution in [0.2, 0.25) is 10.3 Å². The number of hydrogen-bond acceptors (Lipinski definition) is 3. The van der Waals surface area contributed by atoms with Gasteiger partial charge in [0.15, 0.2) is 10.9 Å². The summed E-state index contributed by atoms with van der Waals surface area (Å²) in [6.07, 6.45) is 2.12. The zero-order valence-electron chi connectivity index (χ0n) is 12.8. The summed E-state index contributed by atoms with van der Waals surface area (Å²) in [6.45, 7) is 3.79. The molecule has 1 aromatic heterocycles. The molecular formula is C18H18Cl2N2O. The molecule has 5 heteroatoms. The Labute approximate surface area is 146 Å². The molecule has 2 aliphatic rings. The van der Waals surface area contributed by atoms with Gasteiger partial charge in [0.25, 0.3) is 0 Å². The molecule has 0 N–H and O–H groups in total. The van der Waals surface area contributed by atoms with E-state index >= 15 is 0 Å². The van der Waals surface area contributed by atoms with Crippen molar-refractivity contribution >= 4 is 23.2 Å². The van der Waals surface area contributed by atoms with Crippen molar-refractivity contribution in [2.45, 2.75) is 24.8 Å². The number of likely N-dealkylation sites (tertiary alicyclic amines) is 1. The highest BCUT2D eigenvalue weighted by molar-refractivity contribution is 6.33. The van der Waals surface area contributed by atoms with Crippen LogP contribution in [0.3, 0.4) is 0 Å². The molecule has 2 aliphatic heterocycles. The van der Waals surface area contributed by atoms with Crippen molar-refractivity contribution in [1.29, 1.82) is 0 Å². The van der Waals surface area contributed by atoms with Crippen LogP contribution in [0, 0.1) is 0 Å².